The van der Waals surface area contributed by atoms with E-state index >= 15 is 0 Å². The molecule has 2 aromatic heterocycles. The Hall–Kier alpha value is -1.58. The van der Waals surface area contributed by atoms with Crippen LogP contribution in [0.15, 0.2) is 18.5 Å². The summed E-state index contributed by atoms with van der Waals surface area (Å²) in [6.45, 7) is 5.25. The number of unbranched alkanes of at least 4 members (excludes halogenated alkanes) is 2. The molecule has 86 valence electrons. The average Bonchev–Trinajstić information content (AvgIpc) is 2.73. The molecule has 4 heteroatoms. The molecular weight excluding hydrogens is 200 g/mol. The van der Waals surface area contributed by atoms with Crippen molar-refractivity contribution in [3.8, 4) is 0 Å². The molecule has 0 amide bonds. The number of nitrogens with zero attached hydrogens (tertiary/aromatic N) is 3. The van der Waals surface area contributed by atoms with Crippen molar-refractivity contribution in [1.82, 2.24) is 14.6 Å². The molecule has 0 aliphatic rings. The van der Waals surface area contributed by atoms with Crippen LogP contribution < -0.4 is 5.32 Å². The van der Waals surface area contributed by atoms with Crippen molar-refractivity contribution in [3.05, 3.63) is 24.0 Å². The third kappa shape index (κ3) is 2.32. The van der Waals surface area contributed by atoms with Gasteiger partial charge >= 0.3 is 0 Å². The summed E-state index contributed by atoms with van der Waals surface area (Å²) in [4.78, 5) is 4.24. The molecule has 0 unspecified atom stereocenters. The van der Waals surface area contributed by atoms with Crippen LogP contribution in [0.1, 0.15) is 31.7 Å². The predicted octanol–water partition coefficient (Wildman–Crippen LogP) is 2.64. The van der Waals surface area contributed by atoms with Gasteiger partial charge in [-0.15, -0.1) is 5.10 Å². The zero-order valence-electron chi connectivity index (χ0n) is 9.90. The summed E-state index contributed by atoms with van der Waals surface area (Å²) >= 11 is 0. The third-order valence-corrected chi connectivity index (χ3v) is 2.63. The van der Waals surface area contributed by atoms with Crippen LogP contribution in [0, 0.1) is 6.92 Å². The molecule has 0 saturated carbocycles. The molecule has 0 bridgehead atoms. The van der Waals surface area contributed by atoms with Gasteiger partial charge in [0.15, 0.2) is 5.65 Å². The normalized spacial score (nSPS) is 10.9. The number of aryl methyl sites for hydroxylation is 1. The van der Waals surface area contributed by atoms with Crippen molar-refractivity contribution >= 4 is 11.5 Å². The number of hydrogen-bond donors (Lipinski definition) is 1. The second-order valence-corrected chi connectivity index (χ2v) is 4.04. The number of rotatable bonds is 5. The SMILES string of the molecule is CCCCCNc1cc(C)c2nccn2n1. The molecule has 16 heavy (non-hydrogen) atoms. The lowest BCUT2D eigenvalue weighted by Gasteiger charge is -2.06. The van der Waals surface area contributed by atoms with Crippen LogP contribution in [0.3, 0.4) is 0 Å². The number of fused-ring (bicyclic) bond motifs is 1. The van der Waals surface area contributed by atoms with E-state index in [1.807, 2.05) is 16.8 Å². The molecule has 0 atom stereocenters. The van der Waals surface area contributed by atoms with Gasteiger partial charge in [-0.3, -0.25) is 0 Å². The Morgan fingerprint density at radius 3 is 3.06 bits per heavy atom. The first-order chi connectivity index (χ1) is 7.81. The Morgan fingerprint density at radius 1 is 1.38 bits per heavy atom. The summed E-state index contributed by atoms with van der Waals surface area (Å²) in [5, 5.41) is 7.78. The number of hydrogen-bond acceptors (Lipinski definition) is 3. The highest BCUT2D eigenvalue weighted by atomic mass is 15.3. The highest BCUT2D eigenvalue weighted by Crippen LogP contribution is 2.11. The lowest BCUT2D eigenvalue weighted by atomic mass is 10.2. The first kappa shape index (κ1) is 10.9. The smallest absolute Gasteiger partial charge is 0.156 e. The van der Waals surface area contributed by atoms with Crippen molar-refractivity contribution in [3.63, 3.8) is 0 Å². The van der Waals surface area contributed by atoms with Gasteiger partial charge in [0.1, 0.15) is 5.82 Å². The van der Waals surface area contributed by atoms with E-state index in [2.05, 4.69) is 29.2 Å². The Morgan fingerprint density at radius 2 is 2.25 bits per heavy atom. The Kier molecular flexibility index (Phi) is 3.39. The molecule has 0 spiro atoms. The molecule has 2 rings (SSSR count). The quantitative estimate of drug-likeness (QED) is 0.784. The Balaban J connectivity index is 2.06. The third-order valence-electron chi connectivity index (χ3n) is 2.63. The van der Waals surface area contributed by atoms with E-state index < -0.39 is 0 Å². The van der Waals surface area contributed by atoms with Crippen molar-refractivity contribution in [2.45, 2.75) is 33.1 Å². The van der Waals surface area contributed by atoms with Crippen LogP contribution in [0.5, 0.6) is 0 Å². The molecule has 0 aliphatic heterocycles. The van der Waals surface area contributed by atoms with Crippen molar-refractivity contribution in [2.75, 3.05) is 11.9 Å². The van der Waals surface area contributed by atoms with Gasteiger partial charge in [0, 0.05) is 18.9 Å². The second kappa shape index (κ2) is 4.96. The Bertz CT molecular complexity index is 461. The number of anilines is 1. The summed E-state index contributed by atoms with van der Waals surface area (Å²) in [6, 6.07) is 2.05. The highest BCUT2D eigenvalue weighted by molar-refractivity contribution is 5.51. The topological polar surface area (TPSA) is 42.2 Å². The fraction of sp³-hybridized carbons (Fsp3) is 0.500. The van der Waals surface area contributed by atoms with Crippen molar-refractivity contribution in [2.24, 2.45) is 0 Å². The molecule has 0 aliphatic carbocycles. The first-order valence-corrected chi connectivity index (χ1v) is 5.86. The van der Waals surface area contributed by atoms with Crippen molar-refractivity contribution < 1.29 is 0 Å². The van der Waals surface area contributed by atoms with Gasteiger partial charge in [-0.05, 0) is 25.0 Å². The fourth-order valence-electron chi connectivity index (χ4n) is 1.75. The maximum absolute atomic E-state index is 4.44. The van der Waals surface area contributed by atoms with E-state index in [0.717, 1.165) is 23.6 Å². The summed E-state index contributed by atoms with van der Waals surface area (Å²) < 4.78 is 1.82. The molecule has 2 aromatic rings. The van der Waals surface area contributed by atoms with Gasteiger partial charge < -0.3 is 5.32 Å². The van der Waals surface area contributed by atoms with Crippen molar-refractivity contribution in [1.29, 1.82) is 0 Å². The summed E-state index contributed by atoms with van der Waals surface area (Å²) in [6.07, 6.45) is 7.35. The van der Waals surface area contributed by atoms with Crippen LogP contribution in [0.25, 0.3) is 5.65 Å². The van der Waals surface area contributed by atoms with Gasteiger partial charge in [0.2, 0.25) is 0 Å². The molecule has 4 nitrogen and oxygen atoms in total. The molecule has 0 fully saturated rings. The van der Waals surface area contributed by atoms with E-state index in [0.29, 0.717) is 0 Å². The van der Waals surface area contributed by atoms with E-state index in [-0.39, 0.29) is 0 Å². The molecule has 2 heterocycles. The highest BCUT2D eigenvalue weighted by Gasteiger charge is 2.02. The van der Waals surface area contributed by atoms with Crippen LogP contribution >= 0.6 is 0 Å². The largest absolute Gasteiger partial charge is 0.369 e. The van der Waals surface area contributed by atoms with Gasteiger partial charge in [-0.1, -0.05) is 19.8 Å². The van der Waals surface area contributed by atoms with E-state index in [1.54, 1.807) is 6.20 Å². The van der Waals surface area contributed by atoms with Crippen LogP contribution in [0.4, 0.5) is 5.82 Å². The average molecular weight is 218 g/mol. The minimum absolute atomic E-state index is 0.930. The first-order valence-electron chi connectivity index (χ1n) is 5.86. The number of nitrogens with one attached hydrogen (secondary N) is 1. The lowest BCUT2D eigenvalue weighted by Crippen LogP contribution is -2.06. The lowest BCUT2D eigenvalue weighted by molar-refractivity contribution is 0.740. The van der Waals surface area contributed by atoms with E-state index in [9.17, 15) is 0 Å². The number of aromatic nitrogens is 3. The monoisotopic (exact) mass is 218 g/mol. The fourth-order valence-corrected chi connectivity index (χ4v) is 1.75. The second-order valence-electron chi connectivity index (χ2n) is 4.04. The van der Waals surface area contributed by atoms with Gasteiger partial charge in [-0.2, -0.15) is 0 Å². The predicted molar refractivity (Wildman–Crippen MR) is 65.7 cm³/mol. The minimum atomic E-state index is 0.930. The maximum atomic E-state index is 4.44. The molecule has 0 aromatic carbocycles. The van der Waals surface area contributed by atoms with Crippen LogP contribution in [-0.2, 0) is 0 Å². The van der Waals surface area contributed by atoms with Gasteiger partial charge in [-0.25, -0.2) is 9.50 Å². The number of imidazole rings is 1. The zero-order valence-corrected chi connectivity index (χ0v) is 9.90. The summed E-state index contributed by atoms with van der Waals surface area (Å²) in [7, 11) is 0. The zero-order chi connectivity index (χ0) is 11.4. The molecular formula is C12H18N4. The maximum Gasteiger partial charge on any atom is 0.156 e. The molecule has 0 radical (unpaired) electrons. The van der Waals surface area contributed by atoms with Gasteiger partial charge in [0.05, 0.1) is 0 Å². The van der Waals surface area contributed by atoms with E-state index in [1.165, 1.54) is 19.3 Å². The summed E-state index contributed by atoms with van der Waals surface area (Å²) in [5.41, 5.74) is 2.08. The molecule has 1 N–H and O–H groups in total. The Labute approximate surface area is 95.7 Å². The summed E-state index contributed by atoms with van der Waals surface area (Å²) in [5.74, 6) is 0.930. The van der Waals surface area contributed by atoms with Gasteiger partial charge in [0.25, 0.3) is 0 Å². The standard InChI is InChI=1S/C12H18N4/c1-3-4-5-6-13-11-9-10(2)12-14-7-8-16(12)15-11/h7-9H,3-6H2,1-2H3,(H,13,15). The minimum Gasteiger partial charge on any atom is -0.369 e. The van der Waals surface area contributed by atoms with E-state index in [4.69, 9.17) is 0 Å². The van der Waals surface area contributed by atoms with Crippen LogP contribution in [-0.4, -0.2) is 21.1 Å². The van der Waals surface area contributed by atoms with Crippen LogP contribution in [0.2, 0.25) is 0 Å². The molecule has 0 saturated heterocycles.